The van der Waals surface area contributed by atoms with Crippen LogP contribution in [0.1, 0.15) is 18.7 Å². The molecule has 0 saturated heterocycles. The van der Waals surface area contributed by atoms with Gasteiger partial charge in [-0.3, -0.25) is 4.79 Å². The van der Waals surface area contributed by atoms with Crippen molar-refractivity contribution in [3.05, 3.63) is 42.0 Å². The Morgan fingerprint density at radius 3 is 2.47 bits per heavy atom. The van der Waals surface area contributed by atoms with Crippen molar-refractivity contribution in [3.8, 4) is 34.1 Å². The van der Waals surface area contributed by atoms with Crippen LogP contribution < -0.4 is 23.8 Å². The highest BCUT2D eigenvalue weighted by molar-refractivity contribution is 6.05. The predicted octanol–water partition coefficient (Wildman–Crippen LogP) is 4.26. The minimum atomic E-state index is -0.675. The molecule has 0 bridgehead atoms. The quantitative estimate of drug-likeness (QED) is 0.601. The summed E-state index contributed by atoms with van der Waals surface area (Å²) in [6.45, 7) is 1.61. The van der Waals surface area contributed by atoms with Crippen molar-refractivity contribution < 1.29 is 28.5 Å². The summed E-state index contributed by atoms with van der Waals surface area (Å²) in [6.07, 6.45) is -0.675. The zero-order chi connectivity index (χ0) is 21.0. The Balaban J connectivity index is 1.83. The van der Waals surface area contributed by atoms with Gasteiger partial charge in [0.25, 0.3) is 0 Å². The molecular formula is C23H21NO6. The maximum Gasteiger partial charge on any atom is 0.304 e. The maximum absolute atomic E-state index is 12.0. The zero-order valence-corrected chi connectivity index (χ0v) is 17.1. The van der Waals surface area contributed by atoms with Gasteiger partial charge < -0.3 is 28.6 Å². The number of carbonyl (C=O) groups is 1. The number of carbonyl (C=O) groups excluding carboxylic acids is 1. The van der Waals surface area contributed by atoms with Crippen molar-refractivity contribution in [1.82, 2.24) is 0 Å². The average molecular weight is 407 g/mol. The fourth-order valence-electron chi connectivity index (χ4n) is 4.33. The van der Waals surface area contributed by atoms with Crippen LogP contribution in [0.3, 0.4) is 0 Å². The van der Waals surface area contributed by atoms with Crippen LogP contribution in [-0.2, 0) is 9.53 Å². The van der Waals surface area contributed by atoms with Gasteiger partial charge in [0.2, 0.25) is 13.0 Å². The van der Waals surface area contributed by atoms with E-state index in [-0.39, 0.29) is 12.8 Å². The molecule has 0 spiro atoms. The summed E-state index contributed by atoms with van der Waals surface area (Å²) < 4.78 is 28.1. The van der Waals surface area contributed by atoms with Crippen molar-refractivity contribution >= 4 is 22.4 Å². The lowest BCUT2D eigenvalue weighted by Crippen LogP contribution is -2.32. The van der Waals surface area contributed by atoms with E-state index in [2.05, 4.69) is 12.1 Å². The Kier molecular flexibility index (Phi) is 4.13. The number of benzene rings is 3. The lowest BCUT2D eigenvalue weighted by atomic mass is 9.88. The molecule has 7 nitrogen and oxygen atoms in total. The Morgan fingerprint density at radius 1 is 1.03 bits per heavy atom. The van der Waals surface area contributed by atoms with Crippen molar-refractivity contribution in [3.63, 3.8) is 0 Å². The van der Waals surface area contributed by atoms with Crippen LogP contribution in [0.4, 0.5) is 5.69 Å². The second-order valence-electron chi connectivity index (χ2n) is 7.22. The summed E-state index contributed by atoms with van der Waals surface area (Å²) >= 11 is 0. The van der Waals surface area contributed by atoms with Gasteiger partial charge in [-0.2, -0.15) is 0 Å². The molecule has 2 heterocycles. The van der Waals surface area contributed by atoms with Gasteiger partial charge >= 0.3 is 5.97 Å². The first kappa shape index (κ1) is 18.4. The monoisotopic (exact) mass is 407 g/mol. The van der Waals surface area contributed by atoms with Crippen LogP contribution in [-0.4, -0.2) is 34.0 Å². The number of anilines is 1. The van der Waals surface area contributed by atoms with Crippen molar-refractivity contribution in [1.29, 1.82) is 0 Å². The molecule has 2 aliphatic heterocycles. The van der Waals surface area contributed by atoms with Gasteiger partial charge in [0.1, 0.15) is 0 Å². The Morgan fingerprint density at radius 2 is 1.77 bits per heavy atom. The lowest BCUT2D eigenvalue weighted by molar-refractivity contribution is -0.146. The van der Waals surface area contributed by atoms with Crippen LogP contribution in [0, 0.1) is 0 Å². The fraction of sp³-hybridized carbons (Fsp3) is 0.261. The van der Waals surface area contributed by atoms with E-state index in [0.717, 1.165) is 38.9 Å². The first-order valence-corrected chi connectivity index (χ1v) is 9.55. The molecule has 7 heteroatoms. The van der Waals surface area contributed by atoms with Crippen molar-refractivity contribution in [2.75, 3.05) is 33.0 Å². The number of hydrogen-bond acceptors (Lipinski definition) is 7. The van der Waals surface area contributed by atoms with Crippen molar-refractivity contribution in [2.45, 2.75) is 13.2 Å². The van der Waals surface area contributed by atoms with Gasteiger partial charge in [0.15, 0.2) is 23.0 Å². The molecule has 154 valence electrons. The molecule has 3 aromatic carbocycles. The predicted molar refractivity (Wildman–Crippen MR) is 112 cm³/mol. The molecule has 0 saturated carbocycles. The molecule has 0 aromatic heterocycles. The molecule has 0 radical (unpaired) electrons. The summed E-state index contributed by atoms with van der Waals surface area (Å²) in [5.41, 5.74) is 3.62. The van der Waals surface area contributed by atoms with Gasteiger partial charge in [-0.25, -0.2) is 0 Å². The number of fused-ring (bicyclic) bond motifs is 6. The summed E-state index contributed by atoms with van der Waals surface area (Å²) in [5.74, 6) is 2.17. The highest BCUT2D eigenvalue weighted by Crippen LogP contribution is 2.53. The maximum atomic E-state index is 12.0. The number of rotatable bonds is 3. The SMILES string of the molecule is COc1ccc2c(c1OC)[C@H](OC(C)=O)N(C)c1c-2ccc2cc3c(cc12)OCO3. The van der Waals surface area contributed by atoms with Crippen LogP contribution in [0.25, 0.3) is 21.9 Å². The van der Waals surface area contributed by atoms with E-state index in [0.29, 0.717) is 17.2 Å². The summed E-state index contributed by atoms with van der Waals surface area (Å²) in [4.78, 5) is 13.9. The van der Waals surface area contributed by atoms with Crippen LogP contribution in [0.2, 0.25) is 0 Å². The molecule has 0 N–H and O–H groups in total. The van der Waals surface area contributed by atoms with Gasteiger partial charge in [0, 0.05) is 24.9 Å². The highest BCUT2D eigenvalue weighted by atomic mass is 16.7. The number of esters is 1. The molecule has 3 aromatic rings. The van der Waals surface area contributed by atoms with E-state index in [1.807, 2.05) is 36.2 Å². The minimum Gasteiger partial charge on any atom is -0.493 e. The van der Waals surface area contributed by atoms with E-state index >= 15 is 0 Å². The molecule has 2 aliphatic rings. The third-order valence-corrected chi connectivity index (χ3v) is 5.59. The highest BCUT2D eigenvalue weighted by Gasteiger charge is 2.36. The molecule has 0 unspecified atom stereocenters. The number of nitrogens with zero attached hydrogens (tertiary/aromatic N) is 1. The Hall–Kier alpha value is -3.61. The minimum absolute atomic E-state index is 0.208. The first-order valence-electron chi connectivity index (χ1n) is 9.55. The summed E-state index contributed by atoms with van der Waals surface area (Å²) in [7, 11) is 5.07. The zero-order valence-electron chi connectivity index (χ0n) is 17.1. The van der Waals surface area contributed by atoms with Gasteiger partial charge in [0.05, 0.1) is 25.5 Å². The van der Waals surface area contributed by atoms with E-state index < -0.39 is 6.23 Å². The third-order valence-electron chi connectivity index (χ3n) is 5.59. The largest absolute Gasteiger partial charge is 0.493 e. The summed E-state index contributed by atoms with van der Waals surface area (Å²) in [5, 5.41) is 1.99. The molecule has 5 rings (SSSR count). The van der Waals surface area contributed by atoms with Crippen LogP contribution in [0.5, 0.6) is 23.0 Å². The van der Waals surface area contributed by atoms with Crippen LogP contribution >= 0.6 is 0 Å². The summed E-state index contributed by atoms with van der Waals surface area (Å²) in [6, 6.07) is 11.9. The van der Waals surface area contributed by atoms with E-state index in [1.54, 1.807) is 14.2 Å². The number of ether oxygens (including phenoxy) is 5. The normalized spacial score (nSPS) is 16.1. The molecular weight excluding hydrogens is 386 g/mol. The molecule has 0 fully saturated rings. The number of methoxy groups -OCH3 is 2. The second-order valence-corrected chi connectivity index (χ2v) is 7.22. The van der Waals surface area contributed by atoms with Gasteiger partial charge in [-0.05, 0) is 35.2 Å². The molecule has 0 aliphatic carbocycles. The molecule has 0 amide bonds. The van der Waals surface area contributed by atoms with Crippen molar-refractivity contribution in [2.24, 2.45) is 0 Å². The first-order chi connectivity index (χ1) is 14.5. The van der Waals surface area contributed by atoms with Gasteiger partial charge in [-0.1, -0.05) is 12.1 Å². The second kappa shape index (κ2) is 6.73. The standard InChI is InChI=1S/C23H21NO6/c1-12(25)30-23-20-14(7-8-17(26-3)22(20)27-4)15-6-5-13-9-18-19(29-11-28-18)10-16(13)21(15)24(23)2/h5-10,23H,11H2,1-4H3/t23-/m0/s1. The van der Waals surface area contributed by atoms with E-state index in [1.165, 1.54) is 6.92 Å². The number of hydrogen-bond donors (Lipinski definition) is 0. The van der Waals surface area contributed by atoms with E-state index in [4.69, 9.17) is 23.7 Å². The lowest BCUT2D eigenvalue weighted by Gasteiger charge is -2.38. The molecule has 30 heavy (non-hydrogen) atoms. The smallest absolute Gasteiger partial charge is 0.304 e. The average Bonchev–Trinajstić information content (AvgIpc) is 3.20. The topological polar surface area (TPSA) is 66.5 Å². The Labute approximate surface area is 173 Å². The van der Waals surface area contributed by atoms with Crippen LogP contribution in [0.15, 0.2) is 36.4 Å². The fourth-order valence-corrected chi connectivity index (χ4v) is 4.33. The van der Waals surface area contributed by atoms with Gasteiger partial charge in [-0.15, -0.1) is 0 Å². The van der Waals surface area contributed by atoms with E-state index in [9.17, 15) is 4.79 Å². The molecule has 1 atom stereocenters. The third kappa shape index (κ3) is 2.55. The Bertz CT molecular complexity index is 1190.